The molecule has 5 rings (SSSR count). The number of esters is 1. The zero-order chi connectivity index (χ0) is 24.9. The Hall–Kier alpha value is -4.04. The first-order chi connectivity index (χ1) is 17.6. The van der Waals surface area contributed by atoms with Crippen LogP contribution in [0.4, 0.5) is 0 Å². The van der Waals surface area contributed by atoms with Crippen molar-refractivity contribution in [1.82, 2.24) is 10.5 Å². The zero-order valence-corrected chi connectivity index (χ0v) is 20.1. The lowest BCUT2D eigenvalue weighted by Gasteiger charge is -2.24. The van der Waals surface area contributed by atoms with Crippen LogP contribution in [0.15, 0.2) is 66.7 Å². The maximum absolute atomic E-state index is 13.4. The molecular weight excluding hydrogens is 460 g/mol. The highest BCUT2D eigenvalue weighted by Crippen LogP contribution is 2.34. The second-order valence-corrected chi connectivity index (χ2v) is 8.80. The molecule has 0 spiro atoms. The van der Waals surface area contributed by atoms with Gasteiger partial charge in [0.15, 0.2) is 11.5 Å². The maximum Gasteiger partial charge on any atom is 0.310 e. The monoisotopic (exact) mass is 488 g/mol. The van der Waals surface area contributed by atoms with Crippen molar-refractivity contribution < 1.29 is 28.7 Å². The molecule has 186 valence electrons. The van der Waals surface area contributed by atoms with Gasteiger partial charge in [0.25, 0.3) is 5.91 Å². The van der Waals surface area contributed by atoms with E-state index >= 15 is 0 Å². The maximum atomic E-state index is 13.4. The summed E-state index contributed by atoms with van der Waals surface area (Å²) in [5, 5.41) is 0. The molecule has 1 amide bonds. The summed E-state index contributed by atoms with van der Waals surface area (Å²) in [5.41, 5.74) is 5.84. The molecule has 3 aromatic carbocycles. The lowest BCUT2D eigenvalue weighted by molar-refractivity contribution is -0.142. The molecule has 3 aromatic rings. The van der Waals surface area contributed by atoms with Crippen LogP contribution in [0.2, 0.25) is 0 Å². The van der Waals surface area contributed by atoms with Crippen LogP contribution in [0.25, 0.3) is 0 Å². The summed E-state index contributed by atoms with van der Waals surface area (Å²) >= 11 is 0. The van der Waals surface area contributed by atoms with Gasteiger partial charge in [-0.3, -0.25) is 9.59 Å². The van der Waals surface area contributed by atoms with Crippen LogP contribution in [-0.4, -0.2) is 29.4 Å². The Morgan fingerprint density at radius 2 is 1.72 bits per heavy atom. The summed E-state index contributed by atoms with van der Waals surface area (Å²) in [4.78, 5) is 37.4. The van der Waals surface area contributed by atoms with Crippen molar-refractivity contribution in [2.75, 3.05) is 6.61 Å². The van der Waals surface area contributed by atoms with E-state index in [1.165, 1.54) is 0 Å². The molecule has 0 saturated heterocycles. The Balaban J connectivity index is 1.25. The number of ether oxygens (including phenoxy) is 2. The summed E-state index contributed by atoms with van der Waals surface area (Å²) in [6.45, 7) is 3.03. The lowest BCUT2D eigenvalue weighted by Crippen LogP contribution is -2.33. The fourth-order valence-electron chi connectivity index (χ4n) is 4.11. The minimum absolute atomic E-state index is 0.0382. The number of fused-ring (bicyclic) bond motifs is 1. The largest absolute Gasteiger partial charge is 0.489 e. The van der Waals surface area contributed by atoms with Crippen molar-refractivity contribution >= 4 is 11.9 Å². The molecule has 8 nitrogen and oxygen atoms in total. The second-order valence-electron chi connectivity index (χ2n) is 8.80. The van der Waals surface area contributed by atoms with E-state index in [-0.39, 0.29) is 24.3 Å². The van der Waals surface area contributed by atoms with E-state index < -0.39 is 0 Å². The molecule has 1 aliphatic heterocycles. The quantitative estimate of drug-likeness (QED) is 0.424. The molecule has 0 bridgehead atoms. The molecule has 0 unspecified atom stereocenters. The van der Waals surface area contributed by atoms with E-state index in [1.54, 1.807) is 25.1 Å². The summed E-state index contributed by atoms with van der Waals surface area (Å²) < 4.78 is 11.0. The Morgan fingerprint density at radius 3 is 2.47 bits per heavy atom. The van der Waals surface area contributed by atoms with Gasteiger partial charge in [-0.25, -0.2) is 0 Å². The third-order valence-electron chi connectivity index (χ3n) is 6.17. The molecule has 0 atom stereocenters. The van der Waals surface area contributed by atoms with Crippen LogP contribution in [0.1, 0.15) is 46.8 Å². The third kappa shape index (κ3) is 5.60. The molecule has 8 heteroatoms. The summed E-state index contributed by atoms with van der Waals surface area (Å²) in [5.74, 6) is 1.48. The van der Waals surface area contributed by atoms with Crippen molar-refractivity contribution in [3.05, 3.63) is 89.0 Å². The van der Waals surface area contributed by atoms with Gasteiger partial charge in [-0.2, -0.15) is 0 Å². The Morgan fingerprint density at radius 1 is 0.972 bits per heavy atom. The first-order valence-electron chi connectivity index (χ1n) is 12.1. The number of benzene rings is 3. The fraction of sp³-hybridized carbons (Fsp3) is 0.286. The summed E-state index contributed by atoms with van der Waals surface area (Å²) in [7, 11) is 0. The molecule has 1 N–H and O–H groups in total. The average molecular weight is 489 g/mol. The summed E-state index contributed by atoms with van der Waals surface area (Å²) in [6, 6.07) is 20.9. The van der Waals surface area contributed by atoms with E-state index in [9.17, 15) is 9.59 Å². The first kappa shape index (κ1) is 23.7. The molecule has 1 heterocycles. The van der Waals surface area contributed by atoms with E-state index in [0.717, 1.165) is 29.5 Å². The SMILES string of the molecule is CCOC(=O)Cc1ccc(OCc2ccccc2CN(C(=O)c2ccc3c(c2)ONO3)C2CC2)cc1. The number of carbonyl (C=O) groups excluding carboxylic acids is 2. The third-order valence-corrected chi connectivity index (χ3v) is 6.17. The smallest absolute Gasteiger partial charge is 0.310 e. The number of nitrogens with zero attached hydrogens (tertiary/aromatic N) is 1. The number of carbonyl (C=O) groups is 2. The van der Waals surface area contributed by atoms with E-state index in [0.29, 0.717) is 42.6 Å². The predicted octanol–water partition coefficient (Wildman–Crippen LogP) is 4.37. The van der Waals surface area contributed by atoms with Gasteiger partial charge < -0.3 is 24.0 Å². The second kappa shape index (κ2) is 10.7. The van der Waals surface area contributed by atoms with E-state index in [4.69, 9.17) is 19.1 Å². The minimum Gasteiger partial charge on any atom is -0.489 e. The average Bonchev–Trinajstić information content (AvgIpc) is 3.63. The zero-order valence-electron chi connectivity index (χ0n) is 20.1. The molecule has 1 saturated carbocycles. The van der Waals surface area contributed by atoms with E-state index in [2.05, 4.69) is 5.64 Å². The first-order valence-corrected chi connectivity index (χ1v) is 12.1. The van der Waals surface area contributed by atoms with Gasteiger partial charge in [0.2, 0.25) is 0 Å². The van der Waals surface area contributed by atoms with Gasteiger partial charge in [-0.1, -0.05) is 36.4 Å². The lowest BCUT2D eigenvalue weighted by atomic mass is 10.1. The topological polar surface area (TPSA) is 86.3 Å². The number of hydrogen-bond donors (Lipinski definition) is 1. The van der Waals surface area contributed by atoms with Crippen molar-refractivity contribution in [3.8, 4) is 17.2 Å². The Bertz CT molecular complexity index is 1240. The van der Waals surface area contributed by atoms with Gasteiger partial charge in [-0.05, 0) is 66.8 Å². The van der Waals surface area contributed by atoms with Crippen LogP contribution >= 0.6 is 0 Å². The minimum atomic E-state index is -0.243. The van der Waals surface area contributed by atoms with Crippen LogP contribution < -0.4 is 20.1 Å². The molecule has 0 aromatic heterocycles. The molecule has 1 aliphatic carbocycles. The normalized spacial score (nSPS) is 13.8. The van der Waals surface area contributed by atoms with Crippen LogP contribution in [0, 0.1) is 0 Å². The van der Waals surface area contributed by atoms with Gasteiger partial charge in [0, 0.05) is 23.8 Å². The number of nitrogens with one attached hydrogen (secondary N) is 1. The number of rotatable bonds is 10. The highest BCUT2D eigenvalue weighted by molar-refractivity contribution is 5.95. The molecule has 36 heavy (non-hydrogen) atoms. The van der Waals surface area contributed by atoms with Crippen molar-refractivity contribution in [2.24, 2.45) is 0 Å². The van der Waals surface area contributed by atoms with Gasteiger partial charge in [0.05, 0.1) is 13.0 Å². The van der Waals surface area contributed by atoms with Crippen LogP contribution in [0.5, 0.6) is 17.2 Å². The highest BCUT2D eigenvalue weighted by atomic mass is 16.9. The van der Waals surface area contributed by atoms with E-state index in [1.807, 2.05) is 53.4 Å². The fourth-order valence-corrected chi connectivity index (χ4v) is 4.11. The molecule has 1 fully saturated rings. The van der Waals surface area contributed by atoms with Gasteiger partial charge >= 0.3 is 5.97 Å². The Kier molecular flexibility index (Phi) is 7.04. The predicted molar refractivity (Wildman–Crippen MR) is 131 cm³/mol. The molecular formula is C28H28N2O6. The van der Waals surface area contributed by atoms with Crippen molar-refractivity contribution in [2.45, 2.75) is 45.4 Å². The van der Waals surface area contributed by atoms with Gasteiger partial charge in [-0.15, -0.1) is 0 Å². The molecule has 0 radical (unpaired) electrons. The molecule has 2 aliphatic rings. The van der Waals surface area contributed by atoms with Crippen molar-refractivity contribution in [1.29, 1.82) is 0 Å². The number of amides is 1. The van der Waals surface area contributed by atoms with Crippen molar-refractivity contribution in [3.63, 3.8) is 0 Å². The standard InChI is InChI=1S/C28H28N2O6/c1-2-33-27(31)15-19-7-12-24(13-8-19)34-18-22-6-4-3-5-21(22)17-30(23-10-11-23)28(32)20-9-14-25-26(16-20)36-29-35-25/h3-9,12-14,16,23,29H,2,10-11,15,17-18H2,1H3. The Labute approximate surface area is 209 Å². The summed E-state index contributed by atoms with van der Waals surface area (Å²) in [6.07, 6.45) is 2.23. The van der Waals surface area contributed by atoms with Crippen LogP contribution in [-0.2, 0) is 29.1 Å². The van der Waals surface area contributed by atoms with Gasteiger partial charge in [0.1, 0.15) is 12.4 Å². The number of hydrogen-bond acceptors (Lipinski definition) is 7. The van der Waals surface area contributed by atoms with Crippen LogP contribution in [0.3, 0.4) is 0 Å². The highest BCUT2D eigenvalue weighted by Gasteiger charge is 2.34.